The number of hydrogen-bond acceptors (Lipinski definition) is 5. The van der Waals surface area contributed by atoms with Crippen LogP contribution in [0.25, 0.3) is 0 Å². The number of carboxylic acid groups (broad SMARTS) is 3. The normalized spacial score (nSPS) is 11.4. The first-order chi connectivity index (χ1) is 13.3. The second-order valence-corrected chi connectivity index (χ2v) is 5.75. The van der Waals surface area contributed by atoms with E-state index < -0.39 is 17.9 Å². The van der Waals surface area contributed by atoms with E-state index in [2.05, 4.69) is 10.3 Å². The fourth-order valence-corrected chi connectivity index (χ4v) is 2.16. The van der Waals surface area contributed by atoms with Crippen LogP contribution in [0.1, 0.15) is 33.6 Å². The zero-order valence-corrected chi connectivity index (χ0v) is 14.7. The standard InChI is InChI=1S/C20H18N2O6/c23-18(24)10-1-13(11-21-16-6-2-14(3-7-16)19(25)26)12-22-17-8-4-15(5-9-17)20(27)28/h2-9,11-12,21H,1,10H2,(H,23,24)(H,25,26)(H,27,28)/b13-11+,22-12+. The Morgan fingerprint density at radius 1 is 0.821 bits per heavy atom. The Bertz CT molecular complexity index is 915. The Morgan fingerprint density at radius 2 is 1.36 bits per heavy atom. The molecule has 0 aromatic heterocycles. The third-order valence-corrected chi connectivity index (χ3v) is 3.68. The van der Waals surface area contributed by atoms with Gasteiger partial charge in [0.05, 0.1) is 16.8 Å². The summed E-state index contributed by atoms with van der Waals surface area (Å²) in [4.78, 5) is 36.8. The van der Waals surface area contributed by atoms with E-state index in [9.17, 15) is 14.4 Å². The summed E-state index contributed by atoms with van der Waals surface area (Å²) in [6.07, 6.45) is 3.23. The molecule has 0 aliphatic rings. The van der Waals surface area contributed by atoms with Crippen molar-refractivity contribution in [2.24, 2.45) is 4.99 Å². The van der Waals surface area contributed by atoms with Crippen LogP contribution < -0.4 is 5.32 Å². The molecule has 8 nitrogen and oxygen atoms in total. The van der Waals surface area contributed by atoms with E-state index in [-0.39, 0.29) is 24.0 Å². The van der Waals surface area contributed by atoms with Crippen LogP contribution in [-0.4, -0.2) is 39.4 Å². The molecule has 0 radical (unpaired) electrons. The summed E-state index contributed by atoms with van der Waals surface area (Å²) < 4.78 is 0. The number of nitrogens with one attached hydrogen (secondary N) is 1. The minimum Gasteiger partial charge on any atom is -0.481 e. The molecule has 8 heteroatoms. The van der Waals surface area contributed by atoms with Gasteiger partial charge in [-0.15, -0.1) is 0 Å². The van der Waals surface area contributed by atoms with Gasteiger partial charge in [0.2, 0.25) is 0 Å². The van der Waals surface area contributed by atoms with Gasteiger partial charge >= 0.3 is 17.9 Å². The highest BCUT2D eigenvalue weighted by Crippen LogP contribution is 2.15. The Hall–Kier alpha value is -3.94. The fraction of sp³-hybridized carbons (Fsp3) is 0.100. The van der Waals surface area contributed by atoms with Gasteiger partial charge in [-0.25, -0.2) is 9.59 Å². The molecule has 0 atom stereocenters. The molecule has 144 valence electrons. The number of benzene rings is 2. The minimum absolute atomic E-state index is 0.0879. The van der Waals surface area contributed by atoms with Crippen LogP contribution in [0.3, 0.4) is 0 Å². The lowest BCUT2D eigenvalue weighted by molar-refractivity contribution is -0.136. The highest BCUT2D eigenvalue weighted by Gasteiger charge is 2.04. The van der Waals surface area contributed by atoms with Gasteiger partial charge in [-0.1, -0.05) is 0 Å². The monoisotopic (exact) mass is 382 g/mol. The quantitative estimate of drug-likeness (QED) is 0.486. The number of aromatic carboxylic acids is 2. The lowest BCUT2D eigenvalue weighted by atomic mass is 10.1. The number of carbonyl (C=O) groups is 3. The first-order valence-electron chi connectivity index (χ1n) is 8.23. The molecule has 2 rings (SSSR count). The highest BCUT2D eigenvalue weighted by molar-refractivity contribution is 5.89. The number of anilines is 1. The van der Waals surface area contributed by atoms with Crippen LogP contribution in [0.15, 0.2) is 65.3 Å². The molecular formula is C20H18N2O6. The SMILES string of the molecule is O=C(O)CCC(/C=N/c1ccc(C(=O)O)cc1)=C\Nc1ccc(C(=O)O)cc1. The molecule has 0 saturated heterocycles. The smallest absolute Gasteiger partial charge is 0.335 e. The number of rotatable bonds is 9. The van der Waals surface area contributed by atoms with Gasteiger partial charge in [-0.3, -0.25) is 9.79 Å². The van der Waals surface area contributed by atoms with Crippen molar-refractivity contribution in [2.75, 3.05) is 5.32 Å². The average Bonchev–Trinajstić information content (AvgIpc) is 2.67. The van der Waals surface area contributed by atoms with Crippen molar-refractivity contribution in [2.45, 2.75) is 12.8 Å². The third kappa shape index (κ3) is 6.41. The average molecular weight is 382 g/mol. The predicted octanol–water partition coefficient (Wildman–Crippen LogP) is 3.65. The zero-order valence-electron chi connectivity index (χ0n) is 14.7. The van der Waals surface area contributed by atoms with Crippen LogP contribution >= 0.6 is 0 Å². The molecular weight excluding hydrogens is 364 g/mol. The van der Waals surface area contributed by atoms with Crippen molar-refractivity contribution in [1.82, 2.24) is 0 Å². The van der Waals surface area contributed by atoms with Crippen molar-refractivity contribution < 1.29 is 29.7 Å². The van der Waals surface area contributed by atoms with Gasteiger partial charge in [0.15, 0.2) is 0 Å². The molecule has 28 heavy (non-hydrogen) atoms. The Kier molecular flexibility index (Phi) is 7.04. The number of nitrogens with zero attached hydrogens (tertiary/aromatic N) is 1. The summed E-state index contributed by atoms with van der Waals surface area (Å²) in [6, 6.07) is 12.0. The topological polar surface area (TPSA) is 136 Å². The minimum atomic E-state index is -1.03. The maximum Gasteiger partial charge on any atom is 0.335 e. The molecule has 2 aromatic carbocycles. The first-order valence-corrected chi connectivity index (χ1v) is 8.23. The van der Waals surface area contributed by atoms with Gasteiger partial charge in [0, 0.05) is 24.5 Å². The molecule has 0 amide bonds. The summed E-state index contributed by atoms with van der Waals surface area (Å²) >= 11 is 0. The van der Waals surface area contributed by atoms with Gasteiger partial charge in [0.25, 0.3) is 0 Å². The van der Waals surface area contributed by atoms with E-state index >= 15 is 0 Å². The maximum atomic E-state index is 10.9. The van der Waals surface area contributed by atoms with E-state index in [0.29, 0.717) is 16.9 Å². The van der Waals surface area contributed by atoms with E-state index in [0.717, 1.165) is 0 Å². The molecule has 0 heterocycles. The number of allylic oxidation sites excluding steroid dienone is 1. The predicted molar refractivity (Wildman–Crippen MR) is 104 cm³/mol. The lowest BCUT2D eigenvalue weighted by Gasteiger charge is -2.05. The number of aliphatic carboxylic acids is 1. The number of carboxylic acids is 3. The van der Waals surface area contributed by atoms with Gasteiger partial charge in [0.1, 0.15) is 0 Å². The third-order valence-electron chi connectivity index (χ3n) is 3.68. The van der Waals surface area contributed by atoms with Crippen LogP contribution in [-0.2, 0) is 4.79 Å². The van der Waals surface area contributed by atoms with E-state index in [1.54, 1.807) is 30.5 Å². The molecule has 4 N–H and O–H groups in total. The molecule has 0 bridgehead atoms. The van der Waals surface area contributed by atoms with Crippen molar-refractivity contribution in [1.29, 1.82) is 0 Å². The van der Waals surface area contributed by atoms with E-state index in [1.165, 1.54) is 30.5 Å². The molecule has 0 spiro atoms. The molecule has 0 saturated carbocycles. The Morgan fingerprint density at radius 3 is 1.86 bits per heavy atom. The van der Waals surface area contributed by atoms with Crippen molar-refractivity contribution in [3.05, 3.63) is 71.4 Å². The maximum absolute atomic E-state index is 10.9. The van der Waals surface area contributed by atoms with Crippen molar-refractivity contribution in [3.8, 4) is 0 Å². The van der Waals surface area contributed by atoms with Crippen molar-refractivity contribution in [3.63, 3.8) is 0 Å². The summed E-state index contributed by atoms with van der Waals surface area (Å²) in [7, 11) is 0. The molecule has 0 fully saturated rings. The summed E-state index contributed by atoms with van der Waals surface area (Å²) in [6.45, 7) is 0. The summed E-state index contributed by atoms with van der Waals surface area (Å²) in [5.41, 5.74) is 2.07. The Labute approximate surface area is 160 Å². The van der Waals surface area contributed by atoms with Crippen LogP contribution in [0.2, 0.25) is 0 Å². The second-order valence-electron chi connectivity index (χ2n) is 5.75. The molecule has 0 aliphatic carbocycles. The van der Waals surface area contributed by atoms with Crippen LogP contribution in [0.5, 0.6) is 0 Å². The van der Waals surface area contributed by atoms with Gasteiger partial charge in [-0.2, -0.15) is 0 Å². The van der Waals surface area contributed by atoms with Gasteiger partial charge in [-0.05, 0) is 60.5 Å². The molecule has 0 aliphatic heterocycles. The first kappa shape index (κ1) is 20.4. The Balaban J connectivity index is 2.13. The van der Waals surface area contributed by atoms with E-state index in [4.69, 9.17) is 15.3 Å². The fourth-order valence-electron chi connectivity index (χ4n) is 2.16. The largest absolute Gasteiger partial charge is 0.481 e. The highest BCUT2D eigenvalue weighted by atomic mass is 16.4. The lowest BCUT2D eigenvalue weighted by Crippen LogP contribution is -2.00. The van der Waals surface area contributed by atoms with Crippen LogP contribution in [0, 0.1) is 0 Å². The van der Waals surface area contributed by atoms with Crippen molar-refractivity contribution >= 4 is 35.5 Å². The summed E-state index contributed by atoms with van der Waals surface area (Å²) in [5.74, 6) is -3.00. The van der Waals surface area contributed by atoms with E-state index in [1.807, 2.05) is 0 Å². The molecule has 0 unspecified atom stereocenters. The summed E-state index contributed by atoms with van der Waals surface area (Å²) in [5, 5.41) is 29.7. The van der Waals surface area contributed by atoms with Gasteiger partial charge < -0.3 is 20.6 Å². The zero-order chi connectivity index (χ0) is 20.5. The number of aliphatic imine (C=N–C) groups is 1. The second kappa shape index (κ2) is 9.67. The number of hydrogen-bond donors (Lipinski definition) is 4. The van der Waals surface area contributed by atoms with Crippen LogP contribution in [0.4, 0.5) is 11.4 Å². The molecule has 2 aromatic rings.